The van der Waals surface area contributed by atoms with Gasteiger partial charge >= 0.3 is 0 Å². The zero-order valence-electron chi connectivity index (χ0n) is 15.5. The Morgan fingerprint density at radius 2 is 1.76 bits per heavy atom. The first-order valence-electron chi connectivity index (χ1n) is 9.87. The molecule has 25 heavy (non-hydrogen) atoms. The van der Waals surface area contributed by atoms with Crippen LogP contribution in [-0.4, -0.2) is 43.7 Å². The molecule has 3 rings (SSSR count). The quantitative estimate of drug-likeness (QED) is 0.857. The molecule has 0 radical (unpaired) electrons. The lowest BCUT2D eigenvalue weighted by atomic mass is 9.89. The van der Waals surface area contributed by atoms with Crippen LogP contribution in [0.25, 0.3) is 0 Å². The summed E-state index contributed by atoms with van der Waals surface area (Å²) < 4.78 is 5.43. The van der Waals surface area contributed by atoms with Crippen LogP contribution in [0.5, 0.6) is 0 Å². The molecule has 1 aliphatic carbocycles. The summed E-state index contributed by atoms with van der Waals surface area (Å²) in [5.74, 6) is 0.741. The van der Waals surface area contributed by atoms with Crippen LogP contribution in [0.15, 0.2) is 24.3 Å². The zero-order valence-corrected chi connectivity index (χ0v) is 15.5. The third-order valence-corrected chi connectivity index (χ3v) is 5.77. The van der Waals surface area contributed by atoms with Crippen molar-refractivity contribution in [2.75, 3.05) is 26.7 Å². The van der Waals surface area contributed by atoms with Gasteiger partial charge in [0.2, 0.25) is 0 Å². The van der Waals surface area contributed by atoms with E-state index in [4.69, 9.17) is 4.74 Å². The first-order valence-corrected chi connectivity index (χ1v) is 9.87. The minimum absolute atomic E-state index is 0.0676. The fourth-order valence-electron chi connectivity index (χ4n) is 4.05. The van der Waals surface area contributed by atoms with Crippen molar-refractivity contribution in [1.29, 1.82) is 0 Å². The van der Waals surface area contributed by atoms with Crippen molar-refractivity contribution >= 4 is 5.91 Å². The van der Waals surface area contributed by atoms with Gasteiger partial charge in [0.1, 0.15) is 0 Å². The first kappa shape index (κ1) is 18.4. The maximum atomic E-state index is 12.3. The summed E-state index contributed by atoms with van der Waals surface area (Å²) in [7, 11) is 1.80. The number of amides is 1. The molecule has 4 heteroatoms. The molecule has 2 aliphatic rings. The van der Waals surface area contributed by atoms with Crippen LogP contribution in [-0.2, 0) is 11.3 Å². The fourth-order valence-corrected chi connectivity index (χ4v) is 4.05. The maximum absolute atomic E-state index is 12.3. The summed E-state index contributed by atoms with van der Waals surface area (Å²) in [6, 6.07) is 8.12. The van der Waals surface area contributed by atoms with Crippen LogP contribution in [0.2, 0.25) is 0 Å². The van der Waals surface area contributed by atoms with Gasteiger partial charge in [-0.15, -0.1) is 0 Å². The molecule has 1 aromatic carbocycles. The number of rotatable bonds is 6. The standard InChI is InChI=1S/C21H32N2O2/c1-25-20-11-13-23(14-12-20)16-18-7-9-19(10-8-18)21(24)22-15-17-5-3-2-4-6-17/h7-10,17,20H,2-6,11-16H2,1H3,(H,22,24). The molecule has 0 atom stereocenters. The van der Waals surface area contributed by atoms with Gasteiger partial charge < -0.3 is 10.1 Å². The predicted molar refractivity (Wildman–Crippen MR) is 101 cm³/mol. The lowest BCUT2D eigenvalue weighted by Crippen LogP contribution is -2.36. The van der Waals surface area contributed by atoms with E-state index in [1.165, 1.54) is 37.7 Å². The molecule has 2 fully saturated rings. The largest absolute Gasteiger partial charge is 0.381 e. The van der Waals surface area contributed by atoms with Gasteiger partial charge in [-0.2, -0.15) is 0 Å². The van der Waals surface area contributed by atoms with Gasteiger partial charge in [-0.3, -0.25) is 9.69 Å². The third kappa shape index (κ3) is 5.55. The number of nitrogens with zero attached hydrogens (tertiary/aromatic N) is 1. The Balaban J connectivity index is 1.44. The molecule has 1 heterocycles. The van der Waals surface area contributed by atoms with Gasteiger partial charge in [0.15, 0.2) is 0 Å². The molecule has 138 valence electrons. The molecule has 1 aromatic rings. The van der Waals surface area contributed by atoms with Crippen molar-refractivity contribution in [3.63, 3.8) is 0 Å². The van der Waals surface area contributed by atoms with E-state index < -0.39 is 0 Å². The van der Waals surface area contributed by atoms with Crippen molar-refractivity contribution in [3.8, 4) is 0 Å². The molecule has 1 amide bonds. The van der Waals surface area contributed by atoms with Crippen LogP contribution in [0.3, 0.4) is 0 Å². The van der Waals surface area contributed by atoms with Gasteiger partial charge in [0, 0.05) is 38.9 Å². The van der Waals surface area contributed by atoms with Gasteiger partial charge in [-0.25, -0.2) is 0 Å². The molecule has 1 aliphatic heterocycles. The van der Waals surface area contributed by atoms with Crippen LogP contribution < -0.4 is 5.32 Å². The average molecular weight is 344 g/mol. The van der Waals surface area contributed by atoms with Gasteiger partial charge in [0.25, 0.3) is 5.91 Å². The Kier molecular flexibility index (Phi) is 6.88. The number of ether oxygens (including phenoxy) is 1. The van der Waals surface area contributed by atoms with Crippen LogP contribution in [0.4, 0.5) is 0 Å². The molecular formula is C21H32N2O2. The third-order valence-electron chi connectivity index (χ3n) is 5.77. The Bertz CT molecular complexity index is 529. The normalized spacial score (nSPS) is 20.5. The molecule has 0 unspecified atom stereocenters. The number of hydrogen-bond donors (Lipinski definition) is 1. The highest BCUT2D eigenvalue weighted by Crippen LogP contribution is 2.23. The maximum Gasteiger partial charge on any atom is 0.251 e. The highest BCUT2D eigenvalue weighted by molar-refractivity contribution is 5.94. The Labute approximate surface area is 151 Å². The number of methoxy groups -OCH3 is 1. The number of nitrogens with one attached hydrogen (secondary N) is 1. The van der Waals surface area contributed by atoms with Crippen molar-refractivity contribution < 1.29 is 9.53 Å². The fraction of sp³-hybridized carbons (Fsp3) is 0.667. The highest BCUT2D eigenvalue weighted by Gasteiger charge is 2.19. The minimum Gasteiger partial charge on any atom is -0.381 e. The lowest BCUT2D eigenvalue weighted by molar-refractivity contribution is 0.0388. The smallest absolute Gasteiger partial charge is 0.251 e. The lowest BCUT2D eigenvalue weighted by Gasteiger charge is -2.31. The monoisotopic (exact) mass is 344 g/mol. The predicted octanol–water partition coefficient (Wildman–Crippen LogP) is 3.61. The van der Waals surface area contributed by atoms with Crippen LogP contribution in [0.1, 0.15) is 60.9 Å². The topological polar surface area (TPSA) is 41.6 Å². The number of carbonyl (C=O) groups is 1. The van der Waals surface area contributed by atoms with E-state index in [-0.39, 0.29) is 5.91 Å². The highest BCUT2D eigenvalue weighted by atomic mass is 16.5. The second-order valence-electron chi connectivity index (χ2n) is 7.62. The number of hydrogen-bond acceptors (Lipinski definition) is 3. The van der Waals surface area contributed by atoms with E-state index in [1.54, 1.807) is 7.11 Å². The number of piperidine rings is 1. The molecule has 0 aromatic heterocycles. The summed E-state index contributed by atoms with van der Waals surface area (Å²) in [5, 5.41) is 3.12. The van der Waals surface area contributed by atoms with Crippen molar-refractivity contribution in [2.45, 2.75) is 57.6 Å². The number of benzene rings is 1. The summed E-state index contributed by atoms with van der Waals surface area (Å²) in [6.07, 6.45) is 9.16. The minimum atomic E-state index is 0.0676. The van der Waals surface area contributed by atoms with Gasteiger partial charge in [0.05, 0.1) is 6.10 Å². The van der Waals surface area contributed by atoms with Crippen molar-refractivity contribution in [3.05, 3.63) is 35.4 Å². The van der Waals surface area contributed by atoms with E-state index in [2.05, 4.69) is 22.3 Å². The molecule has 1 saturated carbocycles. The summed E-state index contributed by atoms with van der Waals surface area (Å²) in [5.41, 5.74) is 2.05. The average Bonchev–Trinajstić information content (AvgIpc) is 2.68. The second-order valence-corrected chi connectivity index (χ2v) is 7.62. The molecular weight excluding hydrogens is 312 g/mol. The van der Waals surface area contributed by atoms with E-state index in [1.807, 2.05) is 12.1 Å². The van der Waals surface area contributed by atoms with E-state index in [0.29, 0.717) is 12.0 Å². The SMILES string of the molecule is COC1CCN(Cc2ccc(C(=O)NCC3CCCCC3)cc2)CC1. The zero-order chi connectivity index (χ0) is 17.5. The van der Waals surface area contributed by atoms with E-state index in [9.17, 15) is 4.79 Å². The molecule has 1 N–H and O–H groups in total. The van der Waals surface area contributed by atoms with E-state index in [0.717, 1.165) is 44.6 Å². The molecule has 0 spiro atoms. The van der Waals surface area contributed by atoms with Crippen LogP contribution >= 0.6 is 0 Å². The van der Waals surface area contributed by atoms with Gasteiger partial charge in [-0.05, 0) is 49.3 Å². The summed E-state index contributed by atoms with van der Waals surface area (Å²) in [4.78, 5) is 14.8. The first-order chi connectivity index (χ1) is 12.2. The Morgan fingerprint density at radius 3 is 2.40 bits per heavy atom. The van der Waals surface area contributed by atoms with Crippen LogP contribution in [0, 0.1) is 5.92 Å². The molecule has 0 bridgehead atoms. The van der Waals surface area contributed by atoms with Gasteiger partial charge in [-0.1, -0.05) is 31.4 Å². The number of carbonyl (C=O) groups excluding carboxylic acids is 1. The Morgan fingerprint density at radius 1 is 1.08 bits per heavy atom. The summed E-state index contributed by atoms with van der Waals surface area (Å²) in [6.45, 7) is 3.96. The summed E-state index contributed by atoms with van der Waals surface area (Å²) >= 11 is 0. The van der Waals surface area contributed by atoms with E-state index >= 15 is 0 Å². The molecule has 4 nitrogen and oxygen atoms in total. The molecule has 1 saturated heterocycles. The van der Waals surface area contributed by atoms with Crippen molar-refractivity contribution in [1.82, 2.24) is 10.2 Å². The van der Waals surface area contributed by atoms with Crippen molar-refractivity contribution in [2.24, 2.45) is 5.92 Å². The number of likely N-dealkylation sites (tertiary alicyclic amines) is 1. The second kappa shape index (κ2) is 9.35. The Hall–Kier alpha value is -1.39.